The van der Waals surface area contributed by atoms with Crippen molar-refractivity contribution in [3.05, 3.63) is 59.2 Å². The summed E-state index contributed by atoms with van der Waals surface area (Å²) < 4.78 is 12.9. The first kappa shape index (κ1) is 16.6. The number of rotatable bonds is 6. The highest BCUT2D eigenvalue weighted by Crippen LogP contribution is 2.38. The van der Waals surface area contributed by atoms with Gasteiger partial charge in [0.15, 0.2) is 1.41 Å². The maximum Gasteiger partial charge on any atom is 0.421 e. The topological polar surface area (TPSA) is 87.7 Å². The van der Waals surface area contributed by atoms with Gasteiger partial charge in [-0.1, -0.05) is 56.3 Å². The van der Waals surface area contributed by atoms with Crippen LogP contribution < -0.4 is 10.8 Å². The smallest absolute Gasteiger partial charge is 0.421 e. The number of nitrogens with one attached hydrogen (secondary N) is 2. The number of hydrazine groups is 1. The van der Waals surface area contributed by atoms with Crippen LogP contribution in [-0.2, 0) is 22.6 Å². The normalized spacial score (nSPS) is 13.6. The van der Waals surface area contributed by atoms with Crippen LogP contribution in [-0.4, -0.2) is 23.2 Å². The second-order valence-electron chi connectivity index (χ2n) is 6.63. The zero-order valence-corrected chi connectivity index (χ0v) is 14.7. The first-order valence-corrected chi connectivity index (χ1v) is 8.52. The maximum absolute atomic E-state index is 12.1. The highest BCUT2D eigenvalue weighted by molar-refractivity contribution is 5.78. The molecular weight excluding hydrogens is 332 g/mol. The molecule has 2 aromatic rings. The number of aliphatic carboxylic acids is 1. The highest BCUT2D eigenvalue weighted by atomic mass is 16.6. The van der Waals surface area contributed by atoms with E-state index >= 15 is 0 Å². The number of fused-ring (bicyclic) bond motifs is 3. The molecule has 0 aliphatic heterocycles. The first-order valence-electron chi connectivity index (χ1n) is 8.97. The summed E-state index contributed by atoms with van der Waals surface area (Å²) in [7, 11) is 0. The Morgan fingerprint density at radius 2 is 1.92 bits per heavy atom. The lowest BCUT2D eigenvalue weighted by Crippen LogP contribution is -2.50. The second kappa shape index (κ2) is 7.58. The summed E-state index contributed by atoms with van der Waals surface area (Å²) in [6, 6.07) is 13.0. The molecule has 0 fully saturated rings. The van der Waals surface area contributed by atoms with Crippen LogP contribution in [0, 0.1) is 5.92 Å². The molecule has 0 unspecified atom stereocenters. The summed E-state index contributed by atoms with van der Waals surface area (Å²) in [5.74, 6) is -1.42. The molecule has 0 spiro atoms. The van der Waals surface area contributed by atoms with Crippen molar-refractivity contribution in [2.75, 3.05) is 0 Å². The van der Waals surface area contributed by atoms with Crippen LogP contribution in [0.4, 0.5) is 4.79 Å². The van der Waals surface area contributed by atoms with Gasteiger partial charge in [-0.15, -0.1) is 0 Å². The van der Waals surface area contributed by atoms with E-state index in [9.17, 15) is 9.59 Å². The molecule has 2 aromatic carbocycles. The van der Waals surface area contributed by atoms with Gasteiger partial charge in [-0.3, -0.25) is 10.2 Å². The summed E-state index contributed by atoms with van der Waals surface area (Å²) in [6.45, 7) is 3.40. The minimum absolute atomic E-state index is 0.0203. The van der Waals surface area contributed by atoms with E-state index < -0.39 is 18.1 Å². The molecule has 0 radical (unpaired) electrons. The van der Waals surface area contributed by atoms with Crippen molar-refractivity contribution in [1.82, 2.24) is 10.8 Å². The van der Waals surface area contributed by atoms with E-state index in [2.05, 4.69) is 17.6 Å². The number of amides is 1. The van der Waals surface area contributed by atoms with Gasteiger partial charge in [-0.05, 0) is 40.2 Å². The summed E-state index contributed by atoms with van der Waals surface area (Å²) in [5, 5.41) is 9.15. The SMILES string of the molecule is [2H]N(N[C@H](C(=O)O)C(C)C)C(=O)OCc1cccc2c1Cc1ccccc1-2. The van der Waals surface area contributed by atoms with Gasteiger partial charge in [-0.25, -0.2) is 10.2 Å². The summed E-state index contributed by atoms with van der Waals surface area (Å²) in [4.78, 5) is 23.3. The zero-order valence-electron chi connectivity index (χ0n) is 15.7. The molecule has 1 atom stereocenters. The Balaban J connectivity index is 1.66. The van der Waals surface area contributed by atoms with Gasteiger partial charge in [0.25, 0.3) is 0 Å². The van der Waals surface area contributed by atoms with Gasteiger partial charge in [-0.2, -0.15) is 0 Å². The van der Waals surface area contributed by atoms with Crippen LogP contribution in [0.3, 0.4) is 0 Å². The fourth-order valence-electron chi connectivity index (χ4n) is 3.14. The van der Waals surface area contributed by atoms with Crippen molar-refractivity contribution >= 4 is 12.1 Å². The largest absolute Gasteiger partial charge is 0.480 e. The molecule has 1 aliphatic rings. The Labute approximate surface area is 153 Å². The van der Waals surface area contributed by atoms with Crippen LogP contribution in [0.5, 0.6) is 0 Å². The summed E-state index contributed by atoms with van der Waals surface area (Å²) in [5.41, 5.74) is 8.23. The number of carbonyl (C=O) groups is 2. The van der Waals surface area contributed by atoms with E-state index in [0.717, 1.165) is 23.1 Å². The standard InChI is InChI=1S/C20H22N2O4/c1-12(2)18(19(23)24)21-22-20(25)26-11-14-7-5-9-16-15-8-4-3-6-13(15)10-17(14)16/h3-9,12,18,21H,10-11H2,1-2H3,(H,22,25)(H,23,24)/t18-/m0/s1/i/hD. The fourth-order valence-corrected chi connectivity index (χ4v) is 3.14. The Hall–Kier alpha value is -2.86. The number of benzene rings is 2. The van der Waals surface area contributed by atoms with Crippen molar-refractivity contribution in [1.29, 1.82) is 0 Å². The minimum Gasteiger partial charge on any atom is -0.480 e. The lowest BCUT2D eigenvalue weighted by molar-refractivity contribution is -0.140. The third-order valence-corrected chi connectivity index (χ3v) is 4.53. The maximum atomic E-state index is 12.1. The lowest BCUT2D eigenvalue weighted by Gasteiger charge is -2.18. The molecule has 1 amide bonds. The van der Waals surface area contributed by atoms with Crippen molar-refractivity contribution < 1.29 is 20.8 Å². The highest BCUT2D eigenvalue weighted by Gasteiger charge is 2.23. The number of carbonyl (C=O) groups excluding carboxylic acids is 1. The van der Waals surface area contributed by atoms with Crippen LogP contribution >= 0.6 is 0 Å². The van der Waals surface area contributed by atoms with Gasteiger partial charge < -0.3 is 9.84 Å². The monoisotopic (exact) mass is 355 g/mol. The fraction of sp³-hybridized carbons (Fsp3) is 0.300. The molecule has 0 bridgehead atoms. The van der Waals surface area contributed by atoms with E-state index in [1.165, 1.54) is 11.1 Å². The Kier molecular flexibility index (Phi) is 4.84. The molecule has 26 heavy (non-hydrogen) atoms. The number of ether oxygens (including phenoxy) is 1. The molecule has 0 saturated carbocycles. The average Bonchev–Trinajstić information content (AvgIpc) is 3.02. The number of carboxylic acid groups (broad SMARTS) is 1. The Morgan fingerprint density at radius 3 is 2.65 bits per heavy atom. The quantitative estimate of drug-likeness (QED) is 0.592. The lowest BCUT2D eigenvalue weighted by atomic mass is 10.0. The molecule has 3 N–H and O–H groups in total. The molecule has 0 saturated heterocycles. The van der Waals surface area contributed by atoms with Gasteiger partial charge in [0.1, 0.15) is 12.6 Å². The van der Waals surface area contributed by atoms with E-state index in [-0.39, 0.29) is 12.5 Å². The Morgan fingerprint density at radius 1 is 1.19 bits per heavy atom. The molecule has 0 heterocycles. The second-order valence-corrected chi connectivity index (χ2v) is 6.63. The predicted octanol–water partition coefficient (Wildman–Crippen LogP) is 3.10. The predicted molar refractivity (Wildman–Crippen MR) is 97.4 cm³/mol. The third-order valence-electron chi connectivity index (χ3n) is 4.53. The number of hydrogen-bond donors (Lipinski definition) is 3. The molecule has 1 aliphatic carbocycles. The molecule has 3 rings (SSSR count). The minimum atomic E-state index is -1.13. The Bertz CT molecular complexity index is 869. The van der Waals surface area contributed by atoms with Crippen LogP contribution in [0.2, 0.25) is 1.41 Å². The van der Waals surface area contributed by atoms with E-state index in [0.29, 0.717) is 5.42 Å². The van der Waals surface area contributed by atoms with Crippen molar-refractivity contribution in [2.45, 2.75) is 32.9 Å². The summed E-state index contributed by atoms with van der Waals surface area (Å²) >= 11 is 0. The zero-order chi connectivity index (χ0) is 19.6. The van der Waals surface area contributed by atoms with Crippen molar-refractivity contribution in [3.63, 3.8) is 0 Å². The van der Waals surface area contributed by atoms with Gasteiger partial charge >= 0.3 is 12.1 Å². The first-order chi connectivity index (χ1) is 12.9. The van der Waals surface area contributed by atoms with E-state index in [4.69, 9.17) is 11.3 Å². The van der Waals surface area contributed by atoms with Crippen molar-refractivity contribution in [2.24, 2.45) is 5.92 Å². The van der Waals surface area contributed by atoms with Crippen LogP contribution in [0.25, 0.3) is 11.1 Å². The van der Waals surface area contributed by atoms with E-state index in [1.54, 1.807) is 13.8 Å². The van der Waals surface area contributed by atoms with Crippen molar-refractivity contribution in [3.8, 4) is 11.1 Å². The third kappa shape index (κ3) is 3.70. The molecule has 136 valence electrons. The molecule has 6 nitrogen and oxygen atoms in total. The van der Waals surface area contributed by atoms with Crippen LogP contribution in [0.1, 0.15) is 30.5 Å². The van der Waals surface area contributed by atoms with Gasteiger partial charge in [0, 0.05) is 0 Å². The molecule has 6 heteroatoms. The van der Waals surface area contributed by atoms with Crippen LogP contribution in [0.15, 0.2) is 42.5 Å². The molecule has 0 aromatic heterocycles. The summed E-state index contributed by atoms with van der Waals surface area (Å²) in [6.07, 6.45) is -0.175. The number of hydrogen-bond acceptors (Lipinski definition) is 4. The number of carboxylic acids is 1. The van der Waals surface area contributed by atoms with Gasteiger partial charge in [0.05, 0.1) is 0 Å². The van der Waals surface area contributed by atoms with E-state index in [1.807, 2.05) is 30.3 Å². The molecular formula is C20H22N2O4. The average molecular weight is 355 g/mol. The van der Waals surface area contributed by atoms with Gasteiger partial charge in [0.2, 0.25) is 0 Å².